The van der Waals surface area contributed by atoms with Crippen LogP contribution in [0, 0.1) is 0 Å². The van der Waals surface area contributed by atoms with E-state index in [1.807, 2.05) is 0 Å². The summed E-state index contributed by atoms with van der Waals surface area (Å²) in [4.78, 5) is 0. The zero-order valence-electron chi connectivity index (χ0n) is 2.04. The molecule has 0 atom stereocenters. The molecule has 0 amide bonds. The molecular weight excluding hydrogens is 470 g/mol. The molecule has 34 valence electrons. The third kappa shape index (κ3) is 26.4. The molecule has 0 aromatic heterocycles. The van der Waals surface area contributed by atoms with Gasteiger partial charge in [-0.2, -0.15) is 0 Å². The molecule has 0 aliphatic heterocycles. The Morgan fingerprint density at radius 3 is 1.00 bits per heavy atom. The van der Waals surface area contributed by atoms with Gasteiger partial charge in [-0.1, -0.05) is 0 Å². The Hall–Kier alpha value is 1.75. The maximum atomic E-state index is 8.54. The van der Waals surface area contributed by atoms with Gasteiger partial charge in [0, 0.05) is 0 Å². The molecule has 0 unspecified atom stereocenters. The molecule has 0 aliphatic rings. The number of rotatable bonds is 0. The van der Waals surface area contributed by atoms with Crippen molar-refractivity contribution in [2.45, 2.75) is 0 Å². The van der Waals surface area contributed by atoms with Crippen molar-refractivity contribution in [2.75, 3.05) is 0 Å². The van der Waals surface area contributed by atoms with Crippen molar-refractivity contribution in [3.05, 3.63) is 0 Å². The zero-order valence-corrected chi connectivity index (χ0v) is 9.64. The second kappa shape index (κ2) is 17.2. The average Bonchev–Trinajstić information content (AvgIpc) is 0.918. The van der Waals surface area contributed by atoms with E-state index in [1.165, 1.54) is 0 Å². The first kappa shape index (κ1) is 15.9. The topological polar surface area (TPSA) is 34.1 Å². The standard InChI is InChI=1S/2HI.2O.W/h2*1H;;;. The Bertz CT molecular complexity index is 28.6. The molecule has 0 radical (unpaired) electrons. The van der Waals surface area contributed by atoms with Gasteiger partial charge >= 0.3 is 25.3 Å². The Labute approximate surface area is 72.3 Å². The molecule has 0 rings (SSSR count). The Morgan fingerprint density at radius 2 is 1.00 bits per heavy atom. The first-order valence-electron chi connectivity index (χ1n) is 0.333. The molecule has 5 heteroatoms. The number of hydrogen-bond acceptors (Lipinski definition) is 2. The van der Waals surface area contributed by atoms with Crippen molar-refractivity contribution in [1.82, 2.24) is 0 Å². The van der Waals surface area contributed by atoms with Crippen molar-refractivity contribution in [3.8, 4) is 0 Å². The number of halogens is 2. The molecule has 5 heavy (non-hydrogen) atoms. The van der Waals surface area contributed by atoms with Crippen LogP contribution in [0.2, 0.25) is 0 Å². The van der Waals surface area contributed by atoms with Crippen LogP contribution in [0.4, 0.5) is 0 Å². The van der Waals surface area contributed by atoms with E-state index in [9.17, 15) is 0 Å². The quantitative estimate of drug-likeness (QED) is 0.494. The summed E-state index contributed by atoms with van der Waals surface area (Å²) in [6.45, 7) is 0. The fraction of sp³-hybridized carbons (Fsp3) is 0. The molecule has 0 fully saturated rings. The summed E-state index contributed by atoms with van der Waals surface area (Å²) >= 11 is -2.25. The van der Waals surface area contributed by atoms with Gasteiger partial charge in [0.2, 0.25) is 0 Å². The SMILES string of the molecule is I.I.[O]=[W]=[O]. The van der Waals surface area contributed by atoms with Crippen LogP contribution in [0.25, 0.3) is 0 Å². The summed E-state index contributed by atoms with van der Waals surface area (Å²) < 4.78 is 17.1. The van der Waals surface area contributed by atoms with E-state index in [2.05, 4.69) is 0 Å². The monoisotopic (exact) mass is 472 g/mol. The molecule has 0 aliphatic carbocycles. The van der Waals surface area contributed by atoms with Crippen molar-refractivity contribution in [2.24, 2.45) is 0 Å². The van der Waals surface area contributed by atoms with E-state index >= 15 is 0 Å². The summed E-state index contributed by atoms with van der Waals surface area (Å²) in [5.74, 6) is 0. The summed E-state index contributed by atoms with van der Waals surface area (Å²) in [6.07, 6.45) is 0. The van der Waals surface area contributed by atoms with Crippen LogP contribution < -0.4 is 0 Å². The van der Waals surface area contributed by atoms with Crippen LogP contribution in [-0.2, 0) is 25.3 Å². The van der Waals surface area contributed by atoms with E-state index < -0.39 is 18.5 Å². The van der Waals surface area contributed by atoms with Gasteiger partial charge in [0.05, 0.1) is 0 Å². The maximum absolute atomic E-state index is 8.54. The third-order valence-corrected chi connectivity index (χ3v) is 0. The first-order chi connectivity index (χ1) is 1.41. The fourth-order valence-electron chi connectivity index (χ4n) is 0. The van der Waals surface area contributed by atoms with E-state index in [0.717, 1.165) is 0 Å². The second-order valence-electron chi connectivity index (χ2n) is 0.0680. The first-order valence-corrected chi connectivity index (χ1v) is 2.73. The van der Waals surface area contributed by atoms with Crippen molar-refractivity contribution in [1.29, 1.82) is 0 Å². The van der Waals surface area contributed by atoms with E-state index in [0.29, 0.717) is 0 Å². The van der Waals surface area contributed by atoms with Gasteiger partial charge in [0.15, 0.2) is 0 Å². The Balaban J connectivity index is -0.0000000200. The van der Waals surface area contributed by atoms with Gasteiger partial charge in [0.25, 0.3) is 0 Å². The van der Waals surface area contributed by atoms with Crippen LogP contribution in [0.5, 0.6) is 0 Å². The minimum absolute atomic E-state index is 0. The molecule has 0 saturated carbocycles. The van der Waals surface area contributed by atoms with Gasteiger partial charge in [-0.25, -0.2) is 0 Å². The number of hydrogen-bond donors (Lipinski definition) is 0. The van der Waals surface area contributed by atoms with Crippen LogP contribution in [0.1, 0.15) is 0 Å². The third-order valence-electron chi connectivity index (χ3n) is 0. The summed E-state index contributed by atoms with van der Waals surface area (Å²) in [5.41, 5.74) is 0. The molecule has 0 aromatic carbocycles. The van der Waals surface area contributed by atoms with Crippen LogP contribution in [-0.4, -0.2) is 0 Å². The Kier molecular flexibility index (Phi) is 54.5. The fourth-order valence-corrected chi connectivity index (χ4v) is 0. The van der Waals surface area contributed by atoms with Crippen molar-refractivity contribution < 1.29 is 25.3 Å². The normalized spacial score (nSPS) is 2.40. The summed E-state index contributed by atoms with van der Waals surface area (Å²) in [7, 11) is 0. The molecule has 2 nitrogen and oxygen atoms in total. The minimum atomic E-state index is -2.25. The predicted molar refractivity (Wildman–Crippen MR) is 32.2 cm³/mol. The Morgan fingerprint density at radius 1 is 1.00 bits per heavy atom. The van der Waals surface area contributed by atoms with Crippen LogP contribution in [0.15, 0.2) is 0 Å². The van der Waals surface area contributed by atoms with Crippen molar-refractivity contribution in [3.63, 3.8) is 0 Å². The van der Waals surface area contributed by atoms with Gasteiger partial charge in [-0.3, -0.25) is 0 Å². The molecule has 0 heterocycles. The molecular formula is H2I2O2W. The molecule has 0 bridgehead atoms. The molecule has 0 saturated heterocycles. The van der Waals surface area contributed by atoms with Crippen molar-refractivity contribution >= 4 is 48.0 Å². The average molecular weight is 472 g/mol. The molecule has 0 aromatic rings. The van der Waals surface area contributed by atoms with Gasteiger partial charge in [-0.15, -0.1) is 48.0 Å². The van der Waals surface area contributed by atoms with E-state index in [-0.39, 0.29) is 48.0 Å². The van der Waals surface area contributed by atoms with Gasteiger partial charge < -0.3 is 0 Å². The van der Waals surface area contributed by atoms with E-state index in [1.54, 1.807) is 0 Å². The summed E-state index contributed by atoms with van der Waals surface area (Å²) in [6, 6.07) is 0. The van der Waals surface area contributed by atoms with Crippen LogP contribution in [0.3, 0.4) is 0 Å². The second-order valence-corrected chi connectivity index (χ2v) is 0.557. The summed E-state index contributed by atoms with van der Waals surface area (Å²) in [5, 5.41) is 0. The van der Waals surface area contributed by atoms with Gasteiger partial charge in [-0.05, 0) is 0 Å². The molecule has 0 N–H and O–H groups in total. The van der Waals surface area contributed by atoms with Gasteiger partial charge in [0.1, 0.15) is 0 Å². The van der Waals surface area contributed by atoms with E-state index in [4.69, 9.17) is 6.80 Å². The zero-order chi connectivity index (χ0) is 2.71. The van der Waals surface area contributed by atoms with Crippen LogP contribution >= 0.6 is 48.0 Å². The predicted octanol–water partition coefficient (Wildman–Crippen LogP) is 0.996. The molecule has 0 spiro atoms.